The summed E-state index contributed by atoms with van der Waals surface area (Å²) >= 11 is 0. The first-order valence-corrected chi connectivity index (χ1v) is 12.1. The summed E-state index contributed by atoms with van der Waals surface area (Å²) in [5.41, 5.74) is 7.32. The lowest BCUT2D eigenvalue weighted by Crippen LogP contribution is -2.49. The van der Waals surface area contributed by atoms with Crippen molar-refractivity contribution in [1.29, 1.82) is 0 Å². The summed E-state index contributed by atoms with van der Waals surface area (Å²) in [6, 6.07) is 15.7. The molecule has 0 saturated carbocycles. The number of likely N-dealkylation sites (tertiary alicyclic amines) is 1. The Morgan fingerprint density at radius 1 is 1.18 bits per heavy atom. The molecule has 1 fully saturated rings. The molecule has 0 aliphatic carbocycles. The predicted molar refractivity (Wildman–Crippen MR) is 134 cm³/mol. The van der Waals surface area contributed by atoms with Crippen molar-refractivity contribution in [2.24, 2.45) is 5.73 Å². The molecule has 1 aliphatic rings. The van der Waals surface area contributed by atoms with Crippen molar-refractivity contribution in [3.05, 3.63) is 76.3 Å². The van der Waals surface area contributed by atoms with Gasteiger partial charge in [0.05, 0.1) is 29.4 Å². The highest BCUT2D eigenvalue weighted by atomic mass is 16.3. The van der Waals surface area contributed by atoms with Gasteiger partial charge in [-0.3, -0.25) is 14.2 Å². The average Bonchev–Trinajstić information content (AvgIpc) is 2.85. The molecule has 3 aromatic rings. The Labute approximate surface area is 200 Å². The number of nitrogens with two attached hydrogens (primary N) is 1. The van der Waals surface area contributed by atoms with Crippen LogP contribution in [0.4, 0.5) is 0 Å². The smallest absolute Gasteiger partial charge is 0.261 e. The fraction of sp³-hybridized carbons (Fsp3) is 0.444. The number of aryl methyl sites for hydroxylation is 1. The Morgan fingerprint density at radius 3 is 2.62 bits per heavy atom. The zero-order valence-electron chi connectivity index (χ0n) is 19.8. The number of carbonyl (C=O) groups excluding carboxylic acids is 1. The minimum atomic E-state index is -1.04. The Bertz CT molecular complexity index is 1180. The van der Waals surface area contributed by atoms with Gasteiger partial charge in [-0.25, -0.2) is 4.98 Å². The van der Waals surface area contributed by atoms with Gasteiger partial charge in [-0.2, -0.15) is 0 Å². The molecule has 1 amide bonds. The predicted octanol–water partition coefficient (Wildman–Crippen LogP) is 2.84. The summed E-state index contributed by atoms with van der Waals surface area (Å²) in [4.78, 5) is 32.1. The van der Waals surface area contributed by atoms with Gasteiger partial charge in [0.15, 0.2) is 0 Å². The van der Waals surface area contributed by atoms with Gasteiger partial charge in [0.25, 0.3) is 5.56 Å². The molecule has 1 atom stereocenters. The van der Waals surface area contributed by atoms with Crippen LogP contribution in [0.15, 0.2) is 59.7 Å². The SMILES string of the molecule is C[C@H](CC(=O)N1CCC(O)(Cn2cnc3cc(CCCN)ccc3c2=O)CC1)c1ccccc1. The van der Waals surface area contributed by atoms with E-state index >= 15 is 0 Å². The Morgan fingerprint density at radius 2 is 1.91 bits per heavy atom. The van der Waals surface area contributed by atoms with E-state index in [4.69, 9.17) is 5.73 Å². The summed E-state index contributed by atoms with van der Waals surface area (Å²) in [6.07, 6.45) is 4.58. The van der Waals surface area contributed by atoms with Crippen molar-refractivity contribution in [1.82, 2.24) is 14.5 Å². The normalized spacial score (nSPS) is 16.5. The van der Waals surface area contributed by atoms with Crippen LogP contribution in [0.1, 0.15) is 49.7 Å². The van der Waals surface area contributed by atoms with Crippen LogP contribution in [0.25, 0.3) is 10.9 Å². The third-order valence-electron chi connectivity index (χ3n) is 6.92. The summed E-state index contributed by atoms with van der Waals surface area (Å²) in [5.74, 6) is 0.251. The van der Waals surface area contributed by atoms with E-state index < -0.39 is 5.60 Å². The molecule has 3 N–H and O–H groups in total. The molecule has 2 aromatic carbocycles. The Kier molecular flexibility index (Phi) is 7.44. The van der Waals surface area contributed by atoms with Crippen molar-refractivity contribution in [3.63, 3.8) is 0 Å². The van der Waals surface area contributed by atoms with E-state index in [9.17, 15) is 14.7 Å². The molecule has 1 saturated heterocycles. The van der Waals surface area contributed by atoms with E-state index in [0.717, 1.165) is 24.0 Å². The van der Waals surface area contributed by atoms with Crippen LogP contribution in [0.5, 0.6) is 0 Å². The number of fused-ring (bicyclic) bond motifs is 1. The molecular formula is C27H34N4O3. The molecule has 180 valence electrons. The average molecular weight is 463 g/mol. The summed E-state index contributed by atoms with van der Waals surface area (Å²) in [6.45, 7) is 3.83. The minimum absolute atomic E-state index is 0.105. The zero-order valence-corrected chi connectivity index (χ0v) is 19.8. The van der Waals surface area contributed by atoms with Gasteiger partial charge in [0.1, 0.15) is 0 Å². The second kappa shape index (κ2) is 10.5. The van der Waals surface area contributed by atoms with E-state index in [1.807, 2.05) is 53.4 Å². The van der Waals surface area contributed by atoms with E-state index in [2.05, 4.69) is 11.9 Å². The van der Waals surface area contributed by atoms with Crippen LogP contribution in [0.2, 0.25) is 0 Å². The molecular weight excluding hydrogens is 428 g/mol. The molecule has 0 unspecified atom stereocenters. The first-order chi connectivity index (χ1) is 16.4. The molecule has 7 nitrogen and oxygen atoms in total. The molecule has 7 heteroatoms. The second-order valence-corrected chi connectivity index (χ2v) is 9.54. The number of rotatable bonds is 8. The van der Waals surface area contributed by atoms with Crippen LogP contribution >= 0.6 is 0 Å². The molecule has 34 heavy (non-hydrogen) atoms. The van der Waals surface area contributed by atoms with Gasteiger partial charge in [-0.15, -0.1) is 0 Å². The van der Waals surface area contributed by atoms with E-state index in [1.165, 1.54) is 10.9 Å². The van der Waals surface area contributed by atoms with Gasteiger partial charge in [-0.05, 0) is 61.4 Å². The number of nitrogens with zero attached hydrogens (tertiary/aromatic N) is 3. The van der Waals surface area contributed by atoms with Crippen molar-refractivity contribution in [3.8, 4) is 0 Å². The summed E-state index contributed by atoms with van der Waals surface area (Å²) in [7, 11) is 0. The highest BCUT2D eigenvalue weighted by molar-refractivity contribution is 5.78. The fourth-order valence-corrected chi connectivity index (χ4v) is 4.72. The quantitative estimate of drug-likeness (QED) is 0.536. The highest BCUT2D eigenvalue weighted by Crippen LogP contribution is 2.26. The highest BCUT2D eigenvalue weighted by Gasteiger charge is 2.35. The van der Waals surface area contributed by atoms with Crippen LogP contribution in [0, 0.1) is 0 Å². The number of aliphatic hydroxyl groups is 1. The molecule has 0 spiro atoms. The maximum absolute atomic E-state index is 13.0. The lowest BCUT2D eigenvalue weighted by Gasteiger charge is -2.38. The zero-order chi connectivity index (χ0) is 24.1. The van der Waals surface area contributed by atoms with Gasteiger partial charge in [0, 0.05) is 19.5 Å². The number of benzene rings is 2. The van der Waals surface area contributed by atoms with E-state index in [0.29, 0.717) is 49.8 Å². The first kappa shape index (κ1) is 24.1. The topological polar surface area (TPSA) is 101 Å². The molecule has 1 aromatic heterocycles. The number of hydrogen-bond acceptors (Lipinski definition) is 5. The van der Waals surface area contributed by atoms with Crippen molar-refractivity contribution in [2.75, 3.05) is 19.6 Å². The molecule has 0 radical (unpaired) electrons. The van der Waals surface area contributed by atoms with Gasteiger partial charge < -0.3 is 15.7 Å². The molecule has 4 rings (SSSR count). The number of amides is 1. The number of piperidine rings is 1. The van der Waals surface area contributed by atoms with E-state index in [-0.39, 0.29) is 23.9 Å². The maximum Gasteiger partial charge on any atom is 0.261 e. The van der Waals surface area contributed by atoms with Gasteiger partial charge in [0.2, 0.25) is 5.91 Å². The second-order valence-electron chi connectivity index (χ2n) is 9.54. The largest absolute Gasteiger partial charge is 0.388 e. The lowest BCUT2D eigenvalue weighted by atomic mass is 9.90. The minimum Gasteiger partial charge on any atom is -0.388 e. The van der Waals surface area contributed by atoms with Gasteiger partial charge in [-0.1, -0.05) is 43.3 Å². The molecule has 1 aliphatic heterocycles. The van der Waals surface area contributed by atoms with E-state index in [1.54, 1.807) is 0 Å². The van der Waals surface area contributed by atoms with Crippen LogP contribution in [0.3, 0.4) is 0 Å². The van der Waals surface area contributed by atoms with Crippen LogP contribution in [-0.4, -0.2) is 50.7 Å². The molecule has 0 bridgehead atoms. The number of hydrogen-bond donors (Lipinski definition) is 2. The van der Waals surface area contributed by atoms with Crippen LogP contribution in [-0.2, 0) is 17.8 Å². The van der Waals surface area contributed by atoms with Gasteiger partial charge >= 0.3 is 0 Å². The van der Waals surface area contributed by atoms with Crippen molar-refractivity contribution >= 4 is 16.8 Å². The first-order valence-electron chi connectivity index (χ1n) is 12.1. The van der Waals surface area contributed by atoms with Crippen molar-refractivity contribution in [2.45, 2.75) is 57.1 Å². The monoisotopic (exact) mass is 462 g/mol. The lowest BCUT2D eigenvalue weighted by molar-refractivity contribution is -0.136. The van der Waals surface area contributed by atoms with Crippen molar-refractivity contribution < 1.29 is 9.90 Å². The number of carbonyl (C=O) groups is 1. The Balaban J connectivity index is 1.38. The summed E-state index contributed by atoms with van der Waals surface area (Å²) in [5, 5.41) is 11.7. The maximum atomic E-state index is 13.0. The third kappa shape index (κ3) is 5.54. The van der Waals surface area contributed by atoms with Crippen LogP contribution < -0.4 is 11.3 Å². The molecule has 2 heterocycles. The third-order valence-corrected chi connectivity index (χ3v) is 6.92. The number of aromatic nitrogens is 2. The fourth-order valence-electron chi connectivity index (χ4n) is 4.72. The Hall–Kier alpha value is -3.03. The summed E-state index contributed by atoms with van der Waals surface area (Å²) < 4.78 is 1.50. The standard InChI is InChI=1S/C27H34N4O3/c1-20(22-7-3-2-4-8-22)16-25(32)30-14-11-27(34,12-15-30)18-31-19-29-24-17-21(6-5-13-28)9-10-23(24)26(31)33/h2-4,7-10,17,19-20,34H,5-6,11-16,18,28H2,1H3/t20-/m1/s1.